The van der Waals surface area contributed by atoms with Gasteiger partial charge in [-0.2, -0.15) is 4.98 Å². The lowest BCUT2D eigenvalue weighted by atomic mass is 10.3. The second-order valence-corrected chi connectivity index (χ2v) is 5.97. The van der Waals surface area contributed by atoms with Crippen LogP contribution in [0.25, 0.3) is 11.5 Å². The number of pyridine rings is 1. The van der Waals surface area contributed by atoms with E-state index in [4.69, 9.17) is 8.94 Å². The Morgan fingerprint density at radius 1 is 1.32 bits per heavy atom. The number of rotatable bonds is 6. The van der Waals surface area contributed by atoms with Crippen LogP contribution in [-0.4, -0.2) is 25.3 Å². The third kappa shape index (κ3) is 3.33. The summed E-state index contributed by atoms with van der Waals surface area (Å²) in [4.78, 5) is 8.39. The van der Waals surface area contributed by atoms with E-state index < -0.39 is 0 Å². The van der Waals surface area contributed by atoms with Gasteiger partial charge in [0, 0.05) is 18.8 Å². The van der Waals surface area contributed by atoms with Crippen molar-refractivity contribution >= 4 is 11.8 Å². The zero-order chi connectivity index (χ0) is 15.4. The predicted molar refractivity (Wildman–Crippen MR) is 80.1 cm³/mol. The highest BCUT2D eigenvalue weighted by Crippen LogP contribution is 2.34. The van der Waals surface area contributed by atoms with Gasteiger partial charge in [-0.1, -0.05) is 23.8 Å². The molecule has 0 spiro atoms. The van der Waals surface area contributed by atoms with Gasteiger partial charge in [0.25, 0.3) is 5.22 Å². The van der Waals surface area contributed by atoms with Gasteiger partial charge < -0.3 is 8.94 Å². The van der Waals surface area contributed by atoms with Crippen molar-refractivity contribution < 1.29 is 8.94 Å². The van der Waals surface area contributed by atoms with Crippen LogP contribution < -0.4 is 0 Å². The van der Waals surface area contributed by atoms with Gasteiger partial charge in [-0.3, -0.25) is 4.98 Å². The molecular formula is C14H15N5O2S. The molecule has 0 radical (unpaired) electrons. The highest BCUT2D eigenvalue weighted by atomic mass is 32.2. The molecule has 0 unspecified atom stereocenters. The highest BCUT2D eigenvalue weighted by Gasteiger charge is 2.19. The minimum Gasteiger partial charge on any atom is -0.411 e. The smallest absolute Gasteiger partial charge is 0.277 e. The normalized spacial score (nSPS) is 12.5. The molecule has 3 aromatic heterocycles. The van der Waals surface area contributed by atoms with Crippen molar-refractivity contribution in [2.45, 2.75) is 37.2 Å². The fraction of sp³-hybridized carbons (Fsp3) is 0.357. The van der Waals surface area contributed by atoms with Crippen molar-refractivity contribution in [3.8, 4) is 11.5 Å². The summed E-state index contributed by atoms with van der Waals surface area (Å²) in [5.74, 6) is 1.74. The van der Waals surface area contributed by atoms with Crippen LogP contribution >= 0.6 is 11.8 Å². The molecule has 22 heavy (non-hydrogen) atoms. The summed E-state index contributed by atoms with van der Waals surface area (Å²) >= 11 is 1.39. The summed E-state index contributed by atoms with van der Waals surface area (Å²) < 4.78 is 10.9. The number of nitrogens with zero attached hydrogens (tertiary/aromatic N) is 5. The molecule has 0 aliphatic heterocycles. The zero-order valence-corrected chi connectivity index (χ0v) is 13.1. The topological polar surface area (TPSA) is 90.7 Å². The van der Waals surface area contributed by atoms with E-state index in [0.29, 0.717) is 17.0 Å². The van der Waals surface area contributed by atoms with Crippen molar-refractivity contribution in [1.29, 1.82) is 0 Å². The van der Waals surface area contributed by atoms with Gasteiger partial charge in [0.1, 0.15) is 0 Å². The molecule has 3 aromatic rings. The summed E-state index contributed by atoms with van der Waals surface area (Å²) in [5.41, 5.74) is 0.789. The van der Waals surface area contributed by atoms with Gasteiger partial charge in [0.15, 0.2) is 5.82 Å². The van der Waals surface area contributed by atoms with Gasteiger partial charge in [0.05, 0.1) is 10.8 Å². The maximum atomic E-state index is 5.63. The number of aromatic nitrogens is 5. The number of hydrogen-bond acceptors (Lipinski definition) is 8. The Morgan fingerprint density at radius 2 is 2.23 bits per heavy atom. The summed E-state index contributed by atoms with van der Waals surface area (Å²) in [5, 5.41) is 12.4. The Balaban J connectivity index is 1.69. The fourth-order valence-electron chi connectivity index (χ4n) is 1.82. The Bertz CT molecular complexity index is 728. The summed E-state index contributed by atoms with van der Waals surface area (Å²) in [6.07, 6.45) is 5.17. The fourth-order valence-corrected chi connectivity index (χ4v) is 2.54. The molecule has 0 saturated carbocycles. The van der Waals surface area contributed by atoms with Crippen molar-refractivity contribution in [1.82, 2.24) is 25.3 Å². The number of aryl methyl sites for hydroxylation is 1. The maximum absolute atomic E-state index is 5.63. The average Bonchev–Trinajstić information content (AvgIpc) is 3.18. The van der Waals surface area contributed by atoms with E-state index in [0.717, 1.165) is 24.2 Å². The summed E-state index contributed by atoms with van der Waals surface area (Å²) in [6.45, 7) is 4.04. The monoisotopic (exact) mass is 317 g/mol. The summed E-state index contributed by atoms with van der Waals surface area (Å²) in [7, 11) is 0. The Labute approximate surface area is 131 Å². The van der Waals surface area contributed by atoms with E-state index in [1.54, 1.807) is 12.4 Å². The molecule has 8 heteroatoms. The SMILES string of the molecule is CCCc1noc([C@@H](C)Sc2nnc(-c3cccnc3)o2)n1. The van der Waals surface area contributed by atoms with Crippen LogP contribution in [0.15, 0.2) is 38.7 Å². The van der Waals surface area contributed by atoms with Gasteiger partial charge in [0.2, 0.25) is 11.8 Å². The summed E-state index contributed by atoms with van der Waals surface area (Å²) in [6, 6.07) is 3.69. The molecule has 114 valence electrons. The Kier molecular flexibility index (Phi) is 4.47. The minimum absolute atomic E-state index is 0.0553. The first-order chi connectivity index (χ1) is 10.8. The molecule has 0 amide bonds. The maximum Gasteiger partial charge on any atom is 0.277 e. The van der Waals surface area contributed by atoms with E-state index in [1.807, 2.05) is 19.1 Å². The van der Waals surface area contributed by atoms with Crippen LogP contribution in [0.3, 0.4) is 0 Å². The van der Waals surface area contributed by atoms with Crippen molar-refractivity contribution in [3.05, 3.63) is 36.2 Å². The Morgan fingerprint density at radius 3 is 3.00 bits per heavy atom. The van der Waals surface area contributed by atoms with Crippen LogP contribution in [0.5, 0.6) is 0 Å². The van der Waals surface area contributed by atoms with Crippen molar-refractivity contribution in [3.63, 3.8) is 0 Å². The van der Waals surface area contributed by atoms with Crippen LogP contribution in [0, 0.1) is 0 Å². The number of thioether (sulfide) groups is 1. The molecule has 0 N–H and O–H groups in total. The minimum atomic E-state index is -0.0553. The van der Waals surface area contributed by atoms with Crippen LogP contribution in [0.4, 0.5) is 0 Å². The lowest BCUT2D eigenvalue weighted by Crippen LogP contribution is -1.90. The van der Waals surface area contributed by atoms with Crippen LogP contribution in [0.2, 0.25) is 0 Å². The van der Waals surface area contributed by atoms with Crippen molar-refractivity contribution in [2.75, 3.05) is 0 Å². The van der Waals surface area contributed by atoms with Gasteiger partial charge in [-0.15, -0.1) is 10.2 Å². The first kappa shape index (κ1) is 14.7. The molecule has 7 nitrogen and oxygen atoms in total. The van der Waals surface area contributed by atoms with E-state index in [-0.39, 0.29) is 5.25 Å². The lowest BCUT2D eigenvalue weighted by Gasteiger charge is -2.00. The third-order valence-corrected chi connectivity index (χ3v) is 3.82. The molecular weight excluding hydrogens is 302 g/mol. The highest BCUT2D eigenvalue weighted by molar-refractivity contribution is 7.99. The largest absolute Gasteiger partial charge is 0.411 e. The Hall–Kier alpha value is -2.22. The second kappa shape index (κ2) is 6.69. The molecule has 1 atom stereocenters. The molecule has 0 aromatic carbocycles. The van der Waals surface area contributed by atoms with Gasteiger partial charge in [-0.25, -0.2) is 0 Å². The molecule has 0 fully saturated rings. The second-order valence-electron chi connectivity index (χ2n) is 4.67. The first-order valence-electron chi connectivity index (χ1n) is 6.99. The molecule has 3 rings (SSSR count). The van der Waals surface area contributed by atoms with Gasteiger partial charge in [-0.05, 0) is 25.5 Å². The molecule has 0 aliphatic carbocycles. The average molecular weight is 317 g/mol. The number of hydrogen-bond donors (Lipinski definition) is 0. The van der Waals surface area contributed by atoms with E-state index in [2.05, 4.69) is 32.2 Å². The van der Waals surface area contributed by atoms with E-state index >= 15 is 0 Å². The van der Waals surface area contributed by atoms with E-state index in [9.17, 15) is 0 Å². The van der Waals surface area contributed by atoms with Crippen LogP contribution in [0.1, 0.15) is 37.2 Å². The standard InChI is InChI=1S/C14H15N5O2S/c1-3-5-11-16-12(21-19-11)9(2)22-14-18-17-13(20-14)10-6-4-7-15-8-10/h4,6-9H,3,5H2,1-2H3/t9-/m1/s1. The molecule has 0 saturated heterocycles. The van der Waals surface area contributed by atoms with Crippen molar-refractivity contribution in [2.24, 2.45) is 0 Å². The first-order valence-corrected chi connectivity index (χ1v) is 7.87. The third-order valence-electron chi connectivity index (χ3n) is 2.90. The molecule has 0 bridgehead atoms. The zero-order valence-electron chi connectivity index (χ0n) is 12.3. The lowest BCUT2D eigenvalue weighted by molar-refractivity contribution is 0.373. The predicted octanol–water partition coefficient (Wildman–Crippen LogP) is 3.32. The quantitative estimate of drug-likeness (QED) is 0.639. The van der Waals surface area contributed by atoms with E-state index in [1.165, 1.54) is 11.8 Å². The molecule has 3 heterocycles. The van der Waals surface area contributed by atoms with Gasteiger partial charge >= 0.3 is 0 Å². The molecule has 0 aliphatic rings. The van der Waals surface area contributed by atoms with Crippen LogP contribution in [-0.2, 0) is 6.42 Å².